The lowest BCUT2D eigenvalue weighted by atomic mass is 9.80. The summed E-state index contributed by atoms with van der Waals surface area (Å²) in [6.45, 7) is 6.90. The third kappa shape index (κ3) is 1.83. The molecule has 0 saturated heterocycles. The number of fused-ring (bicyclic) bond motifs is 1. The molecular weight excluding hydrogens is 216 g/mol. The van der Waals surface area contributed by atoms with E-state index in [-0.39, 0.29) is 0 Å². The average Bonchev–Trinajstić information content (AvgIpc) is 2.69. The van der Waals surface area contributed by atoms with Crippen molar-refractivity contribution >= 4 is 5.57 Å². The Bertz CT molecular complexity index is 499. The minimum atomic E-state index is 0.828. The first kappa shape index (κ1) is 12.0. The van der Waals surface area contributed by atoms with Crippen LogP contribution in [0.5, 0.6) is 0 Å². The van der Waals surface area contributed by atoms with Crippen molar-refractivity contribution in [2.45, 2.75) is 65.2 Å². The van der Waals surface area contributed by atoms with Gasteiger partial charge in [-0.1, -0.05) is 37.0 Å². The Morgan fingerprint density at radius 1 is 0.944 bits per heavy atom. The zero-order valence-electron chi connectivity index (χ0n) is 12.0. The summed E-state index contributed by atoms with van der Waals surface area (Å²) in [5.41, 5.74) is 9.53. The second-order valence-electron chi connectivity index (χ2n) is 6.24. The van der Waals surface area contributed by atoms with Crippen LogP contribution in [0.1, 0.15) is 74.1 Å². The molecule has 0 heteroatoms. The monoisotopic (exact) mass is 240 g/mol. The van der Waals surface area contributed by atoms with Crippen LogP contribution in [-0.2, 0) is 6.42 Å². The SMILES string of the molecule is CC1=C(C)c2c(C3CCCCC3)ccc(C)c2C1. The molecule has 0 heterocycles. The Kier molecular flexibility index (Phi) is 3.05. The first-order valence-corrected chi connectivity index (χ1v) is 7.47. The normalized spacial score (nSPS) is 20.4. The third-order valence-electron chi connectivity index (χ3n) is 5.08. The van der Waals surface area contributed by atoms with Crippen LogP contribution in [0.2, 0.25) is 0 Å². The van der Waals surface area contributed by atoms with E-state index in [0.717, 1.165) is 5.92 Å². The van der Waals surface area contributed by atoms with Gasteiger partial charge in [0, 0.05) is 0 Å². The quantitative estimate of drug-likeness (QED) is 0.617. The lowest BCUT2D eigenvalue weighted by molar-refractivity contribution is 0.443. The van der Waals surface area contributed by atoms with Gasteiger partial charge in [0.2, 0.25) is 0 Å². The van der Waals surface area contributed by atoms with E-state index in [0.29, 0.717) is 0 Å². The highest BCUT2D eigenvalue weighted by atomic mass is 14.3. The van der Waals surface area contributed by atoms with Gasteiger partial charge in [-0.3, -0.25) is 0 Å². The van der Waals surface area contributed by atoms with Crippen LogP contribution < -0.4 is 0 Å². The van der Waals surface area contributed by atoms with E-state index in [4.69, 9.17) is 0 Å². The van der Waals surface area contributed by atoms with Gasteiger partial charge in [-0.15, -0.1) is 0 Å². The summed E-state index contributed by atoms with van der Waals surface area (Å²) in [4.78, 5) is 0. The van der Waals surface area contributed by atoms with Crippen LogP contribution >= 0.6 is 0 Å². The molecule has 0 amide bonds. The zero-order chi connectivity index (χ0) is 12.7. The fraction of sp³-hybridized carbons (Fsp3) is 0.556. The highest BCUT2D eigenvalue weighted by Crippen LogP contribution is 2.43. The van der Waals surface area contributed by atoms with Gasteiger partial charge in [0.05, 0.1) is 0 Å². The number of aryl methyl sites for hydroxylation is 1. The smallest absolute Gasteiger partial charge is 0.00552 e. The Balaban J connectivity index is 2.08. The number of benzene rings is 1. The second kappa shape index (κ2) is 4.57. The molecule has 18 heavy (non-hydrogen) atoms. The van der Waals surface area contributed by atoms with Crippen LogP contribution in [0.25, 0.3) is 5.57 Å². The van der Waals surface area contributed by atoms with Crippen LogP contribution in [0.3, 0.4) is 0 Å². The average molecular weight is 240 g/mol. The van der Waals surface area contributed by atoms with Crippen LogP contribution in [-0.4, -0.2) is 0 Å². The molecule has 1 fully saturated rings. The van der Waals surface area contributed by atoms with E-state index in [1.165, 1.54) is 44.1 Å². The molecule has 0 radical (unpaired) electrons. The van der Waals surface area contributed by atoms with Gasteiger partial charge in [0.15, 0.2) is 0 Å². The van der Waals surface area contributed by atoms with Gasteiger partial charge < -0.3 is 0 Å². The molecule has 0 unspecified atom stereocenters. The maximum Gasteiger partial charge on any atom is -0.00552 e. The summed E-state index contributed by atoms with van der Waals surface area (Å²) < 4.78 is 0. The maximum absolute atomic E-state index is 2.42. The Hall–Kier alpha value is -1.04. The zero-order valence-corrected chi connectivity index (χ0v) is 12.0. The van der Waals surface area contributed by atoms with Gasteiger partial charge in [-0.25, -0.2) is 0 Å². The van der Waals surface area contributed by atoms with Crippen molar-refractivity contribution in [1.29, 1.82) is 0 Å². The van der Waals surface area contributed by atoms with E-state index >= 15 is 0 Å². The lowest BCUT2D eigenvalue weighted by Gasteiger charge is -2.25. The molecule has 96 valence electrons. The molecule has 0 bridgehead atoms. The lowest BCUT2D eigenvalue weighted by Crippen LogP contribution is -2.08. The largest absolute Gasteiger partial charge is 0.0654 e. The standard InChI is InChI=1S/C18H24/c1-12-9-10-16(15-7-5-4-6-8-15)18-14(3)13(2)11-17(12)18/h9-10,15H,4-8,11H2,1-3H3. The molecule has 3 rings (SSSR count). The molecule has 2 aliphatic rings. The summed E-state index contributed by atoms with van der Waals surface area (Å²) in [6.07, 6.45) is 8.29. The van der Waals surface area contributed by atoms with Gasteiger partial charge in [-0.05, 0) is 73.8 Å². The van der Waals surface area contributed by atoms with E-state index < -0.39 is 0 Å². The van der Waals surface area contributed by atoms with E-state index in [1.807, 2.05) is 0 Å². The van der Waals surface area contributed by atoms with Crippen molar-refractivity contribution in [3.05, 3.63) is 40.0 Å². The summed E-state index contributed by atoms with van der Waals surface area (Å²) in [7, 11) is 0. The third-order valence-corrected chi connectivity index (χ3v) is 5.08. The molecule has 1 aromatic carbocycles. The Labute approximate surface area is 111 Å². The van der Waals surface area contributed by atoms with E-state index in [9.17, 15) is 0 Å². The molecule has 0 atom stereocenters. The van der Waals surface area contributed by atoms with Crippen molar-refractivity contribution in [2.24, 2.45) is 0 Å². The van der Waals surface area contributed by atoms with Crippen molar-refractivity contribution in [3.8, 4) is 0 Å². The van der Waals surface area contributed by atoms with Crippen LogP contribution in [0.4, 0.5) is 0 Å². The summed E-state index contributed by atoms with van der Waals surface area (Å²) in [5, 5.41) is 0. The molecule has 1 saturated carbocycles. The van der Waals surface area contributed by atoms with E-state index in [1.54, 1.807) is 27.8 Å². The van der Waals surface area contributed by atoms with Crippen molar-refractivity contribution in [2.75, 3.05) is 0 Å². The van der Waals surface area contributed by atoms with Crippen molar-refractivity contribution in [1.82, 2.24) is 0 Å². The topological polar surface area (TPSA) is 0 Å². The van der Waals surface area contributed by atoms with Gasteiger partial charge in [0.25, 0.3) is 0 Å². The summed E-state index contributed by atoms with van der Waals surface area (Å²) in [6, 6.07) is 4.78. The second-order valence-corrected chi connectivity index (χ2v) is 6.24. The highest BCUT2D eigenvalue weighted by Gasteiger charge is 2.25. The Morgan fingerprint density at radius 3 is 2.39 bits per heavy atom. The molecule has 1 aromatic rings. The first-order chi connectivity index (χ1) is 8.68. The molecule has 0 aliphatic heterocycles. The van der Waals surface area contributed by atoms with Crippen molar-refractivity contribution in [3.63, 3.8) is 0 Å². The van der Waals surface area contributed by atoms with Gasteiger partial charge >= 0.3 is 0 Å². The number of hydrogen-bond acceptors (Lipinski definition) is 0. The predicted molar refractivity (Wildman–Crippen MR) is 79.0 cm³/mol. The van der Waals surface area contributed by atoms with Gasteiger partial charge in [-0.2, -0.15) is 0 Å². The van der Waals surface area contributed by atoms with Gasteiger partial charge in [0.1, 0.15) is 0 Å². The molecule has 0 aromatic heterocycles. The summed E-state index contributed by atoms with van der Waals surface area (Å²) >= 11 is 0. The van der Waals surface area contributed by atoms with Crippen LogP contribution in [0.15, 0.2) is 17.7 Å². The highest BCUT2D eigenvalue weighted by molar-refractivity contribution is 5.78. The Morgan fingerprint density at radius 2 is 1.67 bits per heavy atom. The first-order valence-electron chi connectivity index (χ1n) is 7.47. The number of rotatable bonds is 1. The van der Waals surface area contributed by atoms with Crippen molar-refractivity contribution < 1.29 is 0 Å². The molecule has 2 aliphatic carbocycles. The molecule has 0 spiro atoms. The molecule has 0 nitrogen and oxygen atoms in total. The minimum Gasteiger partial charge on any atom is -0.0654 e. The number of allylic oxidation sites excluding steroid dienone is 2. The summed E-state index contributed by atoms with van der Waals surface area (Å²) in [5.74, 6) is 0.828. The number of hydrogen-bond donors (Lipinski definition) is 0. The predicted octanol–water partition coefficient (Wildman–Crippen LogP) is 5.39. The maximum atomic E-state index is 2.42. The molecular formula is C18H24. The fourth-order valence-electron chi connectivity index (χ4n) is 3.81. The molecule has 0 N–H and O–H groups in total. The minimum absolute atomic E-state index is 0.828. The van der Waals surface area contributed by atoms with E-state index in [2.05, 4.69) is 32.9 Å². The fourth-order valence-corrected chi connectivity index (χ4v) is 3.81. The van der Waals surface area contributed by atoms with Crippen LogP contribution in [0, 0.1) is 6.92 Å².